The van der Waals surface area contributed by atoms with Crippen molar-refractivity contribution in [1.82, 2.24) is 5.32 Å². The van der Waals surface area contributed by atoms with Gasteiger partial charge in [-0.2, -0.15) is 0 Å². The van der Waals surface area contributed by atoms with Gasteiger partial charge in [0.05, 0.1) is 19.3 Å². The minimum absolute atomic E-state index is 0.254. The molecule has 1 fully saturated rings. The van der Waals surface area contributed by atoms with Gasteiger partial charge in [0.25, 0.3) is 5.91 Å². The van der Waals surface area contributed by atoms with Crippen molar-refractivity contribution in [3.05, 3.63) is 35.9 Å². The lowest BCUT2D eigenvalue weighted by Crippen LogP contribution is -2.46. The van der Waals surface area contributed by atoms with Gasteiger partial charge in [-0.1, -0.05) is 18.2 Å². The van der Waals surface area contributed by atoms with Crippen LogP contribution in [0.1, 0.15) is 10.4 Å². The van der Waals surface area contributed by atoms with E-state index in [2.05, 4.69) is 10.1 Å². The summed E-state index contributed by atoms with van der Waals surface area (Å²) >= 11 is 1.29. The van der Waals surface area contributed by atoms with E-state index in [4.69, 9.17) is 0 Å². The first-order valence-electron chi connectivity index (χ1n) is 5.87. The Morgan fingerprint density at radius 3 is 2.68 bits per heavy atom. The van der Waals surface area contributed by atoms with Gasteiger partial charge < -0.3 is 15.2 Å². The number of aliphatic hydroxyl groups is 1. The molecule has 3 atom stereocenters. The Morgan fingerprint density at radius 1 is 1.37 bits per heavy atom. The molecule has 2 N–H and O–H groups in total. The van der Waals surface area contributed by atoms with E-state index in [-0.39, 0.29) is 5.91 Å². The van der Waals surface area contributed by atoms with Gasteiger partial charge in [0.1, 0.15) is 5.25 Å². The summed E-state index contributed by atoms with van der Waals surface area (Å²) in [5, 5.41) is 12.1. The number of ether oxygens (including phenoxy) is 1. The van der Waals surface area contributed by atoms with Crippen molar-refractivity contribution >= 4 is 23.6 Å². The maximum Gasteiger partial charge on any atom is 0.321 e. The van der Waals surface area contributed by atoms with E-state index in [9.17, 15) is 14.7 Å². The van der Waals surface area contributed by atoms with Crippen LogP contribution in [0.25, 0.3) is 0 Å². The third-order valence-electron chi connectivity index (χ3n) is 2.96. The van der Waals surface area contributed by atoms with Gasteiger partial charge in [-0.3, -0.25) is 9.59 Å². The molecule has 2 rings (SSSR count). The second kappa shape index (κ2) is 6.08. The highest BCUT2D eigenvalue weighted by molar-refractivity contribution is 8.01. The van der Waals surface area contributed by atoms with E-state index < -0.39 is 23.4 Å². The number of nitrogens with one attached hydrogen (secondary N) is 1. The fourth-order valence-corrected chi connectivity index (χ4v) is 3.22. The summed E-state index contributed by atoms with van der Waals surface area (Å²) in [6, 6.07) is 8.31. The Hall–Kier alpha value is -1.53. The Balaban J connectivity index is 1.98. The van der Waals surface area contributed by atoms with Crippen molar-refractivity contribution in [3.63, 3.8) is 0 Å². The predicted octanol–water partition coefficient (Wildman–Crippen LogP) is 0.434. The first-order chi connectivity index (χ1) is 9.13. The quantitative estimate of drug-likeness (QED) is 0.786. The molecule has 0 bridgehead atoms. The van der Waals surface area contributed by atoms with Crippen LogP contribution < -0.4 is 5.32 Å². The third kappa shape index (κ3) is 3.08. The van der Waals surface area contributed by atoms with Gasteiger partial charge in [-0.15, -0.1) is 11.8 Å². The number of methoxy groups -OCH3 is 1. The van der Waals surface area contributed by atoms with Crippen LogP contribution in [0.5, 0.6) is 0 Å². The van der Waals surface area contributed by atoms with Crippen molar-refractivity contribution in [2.45, 2.75) is 17.4 Å². The van der Waals surface area contributed by atoms with Gasteiger partial charge in [0, 0.05) is 11.3 Å². The van der Waals surface area contributed by atoms with Crippen LogP contribution in [0, 0.1) is 0 Å². The fourth-order valence-electron chi connectivity index (χ4n) is 1.91. The molecule has 1 aliphatic heterocycles. The van der Waals surface area contributed by atoms with Crippen molar-refractivity contribution in [2.24, 2.45) is 0 Å². The zero-order valence-corrected chi connectivity index (χ0v) is 11.2. The smallest absolute Gasteiger partial charge is 0.321 e. The molecule has 1 heterocycles. The SMILES string of the molecule is COC(=O)[C@@H]1SC[C@@H](NC(=O)c2ccccc2)[C@@H]1O. The van der Waals surface area contributed by atoms with E-state index in [1.165, 1.54) is 18.9 Å². The molecule has 1 aromatic rings. The van der Waals surface area contributed by atoms with Crippen molar-refractivity contribution in [1.29, 1.82) is 0 Å². The second-order valence-corrected chi connectivity index (χ2v) is 5.39. The molecule has 6 heteroatoms. The summed E-state index contributed by atoms with van der Waals surface area (Å²) in [7, 11) is 1.28. The van der Waals surface area contributed by atoms with Gasteiger partial charge in [0.2, 0.25) is 0 Å². The van der Waals surface area contributed by atoms with Crippen LogP contribution in [0.2, 0.25) is 0 Å². The monoisotopic (exact) mass is 281 g/mol. The van der Waals surface area contributed by atoms with Gasteiger partial charge in [0.15, 0.2) is 0 Å². The lowest BCUT2D eigenvalue weighted by Gasteiger charge is -2.18. The molecule has 0 aliphatic carbocycles. The van der Waals surface area contributed by atoms with Crippen LogP contribution in [0.3, 0.4) is 0 Å². The molecule has 0 saturated carbocycles. The molecular weight excluding hydrogens is 266 g/mol. The summed E-state index contributed by atoms with van der Waals surface area (Å²) in [6.45, 7) is 0. The predicted molar refractivity (Wildman–Crippen MR) is 72.0 cm³/mol. The number of aliphatic hydroxyl groups excluding tert-OH is 1. The highest BCUT2D eigenvalue weighted by atomic mass is 32.2. The van der Waals surface area contributed by atoms with E-state index in [1.807, 2.05) is 6.07 Å². The number of amides is 1. The maximum absolute atomic E-state index is 11.9. The molecule has 1 saturated heterocycles. The average Bonchev–Trinajstić information content (AvgIpc) is 2.80. The molecule has 19 heavy (non-hydrogen) atoms. The van der Waals surface area contributed by atoms with Gasteiger partial charge >= 0.3 is 5.97 Å². The molecule has 0 aromatic heterocycles. The zero-order chi connectivity index (χ0) is 13.8. The number of rotatable bonds is 3. The Kier molecular flexibility index (Phi) is 4.44. The molecule has 0 radical (unpaired) electrons. The van der Waals surface area contributed by atoms with E-state index in [1.54, 1.807) is 24.3 Å². The van der Waals surface area contributed by atoms with Crippen LogP contribution in [-0.2, 0) is 9.53 Å². The van der Waals surface area contributed by atoms with E-state index >= 15 is 0 Å². The Labute approximate surface area is 115 Å². The number of thioether (sulfide) groups is 1. The Bertz CT molecular complexity index is 465. The summed E-state index contributed by atoms with van der Waals surface area (Å²) in [4.78, 5) is 23.4. The van der Waals surface area contributed by atoms with E-state index in [0.29, 0.717) is 11.3 Å². The largest absolute Gasteiger partial charge is 0.468 e. The molecule has 0 spiro atoms. The Morgan fingerprint density at radius 2 is 2.05 bits per heavy atom. The summed E-state index contributed by atoms with van der Waals surface area (Å²) in [6.07, 6.45) is -0.926. The lowest BCUT2D eigenvalue weighted by atomic mass is 10.1. The van der Waals surface area contributed by atoms with Crippen molar-refractivity contribution in [2.75, 3.05) is 12.9 Å². The van der Waals surface area contributed by atoms with Crippen molar-refractivity contribution < 1.29 is 19.4 Å². The molecule has 5 nitrogen and oxygen atoms in total. The van der Waals surface area contributed by atoms with Crippen LogP contribution in [0.15, 0.2) is 30.3 Å². The summed E-state index contributed by atoms with van der Waals surface area (Å²) in [5.74, 6) is -0.232. The highest BCUT2D eigenvalue weighted by Crippen LogP contribution is 2.28. The van der Waals surface area contributed by atoms with E-state index in [0.717, 1.165) is 0 Å². The first kappa shape index (κ1) is 13.9. The van der Waals surface area contributed by atoms with Crippen LogP contribution in [0.4, 0.5) is 0 Å². The highest BCUT2D eigenvalue weighted by Gasteiger charge is 2.41. The second-order valence-electron chi connectivity index (χ2n) is 4.21. The molecule has 0 unspecified atom stereocenters. The van der Waals surface area contributed by atoms with Gasteiger partial charge in [-0.25, -0.2) is 0 Å². The number of esters is 1. The number of carbonyl (C=O) groups excluding carboxylic acids is 2. The summed E-state index contributed by atoms with van der Waals surface area (Å²) in [5.41, 5.74) is 0.529. The minimum Gasteiger partial charge on any atom is -0.468 e. The first-order valence-corrected chi connectivity index (χ1v) is 6.91. The topological polar surface area (TPSA) is 75.6 Å². The normalized spacial score (nSPS) is 25.9. The number of carbonyl (C=O) groups is 2. The van der Waals surface area contributed by atoms with Crippen LogP contribution in [-0.4, -0.2) is 47.2 Å². The standard InChI is InChI=1S/C13H15NO4S/c1-18-13(17)11-10(15)9(7-19-11)14-12(16)8-5-3-2-4-6-8/h2-6,9-11,15H,7H2,1H3,(H,14,16)/t9-,10+,11-/m1/s1. The number of benzene rings is 1. The lowest BCUT2D eigenvalue weighted by molar-refractivity contribution is -0.142. The van der Waals surface area contributed by atoms with Crippen LogP contribution >= 0.6 is 11.8 Å². The molecule has 1 aliphatic rings. The van der Waals surface area contributed by atoms with Gasteiger partial charge in [-0.05, 0) is 12.1 Å². The zero-order valence-electron chi connectivity index (χ0n) is 10.4. The minimum atomic E-state index is -0.926. The average molecular weight is 281 g/mol. The molecule has 1 amide bonds. The number of hydrogen-bond acceptors (Lipinski definition) is 5. The number of hydrogen-bond donors (Lipinski definition) is 2. The molecule has 102 valence electrons. The third-order valence-corrected chi connectivity index (χ3v) is 4.35. The fraction of sp³-hybridized carbons (Fsp3) is 0.385. The van der Waals surface area contributed by atoms with Crippen molar-refractivity contribution in [3.8, 4) is 0 Å². The molecule has 1 aromatic carbocycles. The summed E-state index contributed by atoms with van der Waals surface area (Å²) < 4.78 is 4.61. The molecular formula is C13H15NO4S. The maximum atomic E-state index is 11.9.